The fraction of sp³-hybridized carbons (Fsp3) is 0. The van der Waals surface area contributed by atoms with E-state index < -0.39 is 0 Å². The van der Waals surface area contributed by atoms with Crippen molar-refractivity contribution in [3.05, 3.63) is 44.4 Å². The second kappa shape index (κ2) is 4.55. The average molecular weight is 351 g/mol. The molecule has 0 unspecified atom stereocenters. The van der Waals surface area contributed by atoms with Crippen LogP contribution in [0.5, 0.6) is 0 Å². The van der Waals surface area contributed by atoms with Crippen LogP contribution in [-0.4, -0.2) is 6.29 Å². The van der Waals surface area contributed by atoms with Crippen LogP contribution in [-0.2, 0) is 0 Å². The third-order valence-electron chi connectivity index (χ3n) is 2.02. The topological polar surface area (TPSA) is 30.2 Å². The smallest absolute Gasteiger partial charge is 0.185 e. The van der Waals surface area contributed by atoms with Gasteiger partial charge in [-0.25, -0.2) is 4.39 Å². The Balaban J connectivity index is 2.55. The molecule has 0 N–H and O–H groups in total. The minimum atomic E-state index is -0.378. The molecule has 0 radical (unpaired) electrons. The van der Waals surface area contributed by atoms with Crippen LogP contribution in [0.3, 0.4) is 0 Å². The number of benzene rings is 1. The van der Waals surface area contributed by atoms with Gasteiger partial charge in [-0.2, -0.15) is 0 Å². The molecule has 0 spiro atoms. The molecule has 0 aliphatic rings. The molecule has 0 saturated carbocycles. The Morgan fingerprint density at radius 1 is 1.38 bits per heavy atom. The molecule has 82 valence electrons. The summed E-state index contributed by atoms with van der Waals surface area (Å²) in [7, 11) is 0. The van der Waals surface area contributed by atoms with Crippen molar-refractivity contribution in [2.75, 3.05) is 0 Å². The van der Waals surface area contributed by atoms with E-state index >= 15 is 0 Å². The van der Waals surface area contributed by atoms with E-state index in [1.807, 2.05) is 22.6 Å². The zero-order valence-corrected chi connectivity index (χ0v) is 10.8. The van der Waals surface area contributed by atoms with Crippen molar-refractivity contribution in [1.29, 1.82) is 0 Å². The molecule has 16 heavy (non-hydrogen) atoms. The lowest BCUT2D eigenvalue weighted by molar-refractivity contribution is 0.110. The molecule has 0 bridgehead atoms. The molecule has 1 aromatic carbocycles. The molecule has 1 heterocycles. The van der Waals surface area contributed by atoms with Crippen LogP contribution in [0.25, 0.3) is 11.3 Å². The lowest BCUT2D eigenvalue weighted by Crippen LogP contribution is -1.85. The van der Waals surface area contributed by atoms with Gasteiger partial charge in [0.15, 0.2) is 12.0 Å². The normalized spacial score (nSPS) is 10.4. The van der Waals surface area contributed by atoms with Gasteiger partial charge in [0.1, 0.15) is 11.6 Å². The van der Waals surface area contributed by atoms with E-state index in [0.29, 0.717) is 21.2 Å². The summed E-state index contributed by atoms with van der Waals surface area (Å²) in [5, 5.41) is 0.254. The summed E-state index contributed by atoms with van der Waals surface area (Å²) in [4.78, 5) is 10.5. The first-order valence-corrected chi connectivity index (χ1v) is 5.77. The Bertz CT molecular complexity index is 551. The first kappa shape index (κ1) is 11.6. The second-order valence-corrected chi connectivity index (χ2v) is 4.64. The van der Waals surface area contributed by atoms with Gasteiger partial charge in [-0.05, 0) is 46.9 Å². The van der Waals surface area contributed by atoms with E-state index in [2.05, 4.69) is 0 Å². The molecule has 5 heteroatoms. The maximum atomic E-state index is 13.2. The number of halogens is 3. The number of aldehydes is 1. The van der Waals surface area contributed by atoms with Gasteiger partial charge < -0.3 is 4.42 Å². The predicted octanol–water partition coefficient (Wildman–Crippen LogP) is 4.16. The van der Waals surface area contributed by atoms with Gasteiger partial charge in [-0.1, -0.05) is 11.6 Å². The summed E-state index contributed by atoms with van der Waals surface area (Å²) in [5.41, 5.74) is 0.570. The summed E-state index contributed by atoms with van der Waals surface area (Å²) in [6.45, 7) is 0. The zero-order chi connectivity index (χ0) is 11.7. The van der Waals surface area contributed by atoms with Gasteiger partial charge in [0, 0.05) is 9.13 Å². The van der Waals surface area contributed by atoms with E-state index in [4.69, 9.17) is 16.0 Å². The Hall–Kier alpha value is -0.880. The molecule has 0 amide bonds. The number of rotatable bonds is 2. The van der Waals surface area contributed by atoms with Gasteiger partial charge in [0.25, 0.3) is 0 Å². The summed E-state index contributed by atoms with van der Waals surface area (Å²) < 4.78 is 18.8. The number of hydrogen-bond donors (Lipinski definition) is 0. The number of furan rings is 1. The highest BCUT2D eigenvalue weighted by Gasteiger charge is 2.11. The Morgan fingerprint density at radius 3 is 2.75 bits per heavy atom. The van der Waals surface area contributed by atoms with Gasteiger partial charge in [0.2, 0.25) is 0 Å². The fourth-order valence-corrected chi connectivity index (χ4v) is 1.98. The predicted molar refractivity (Wildman–Crippen MR) is 67.2 cm³/mol. The highest BCUT2D eigenvalue weighted by Crippen LogP contribution is 2.31. The van der Waals surface area contributed by atoms with Crippen molar-refractivity contribution >= 4 is 40.5 Å². The molecule has 0 aliphatic carbocycles. The Morgan fingerprint density at radius 2 is 2.12 bits per heavy atom. The molecule has 2 nitrogen and oxygen atoms in total. The van der Waals surface area contributed by atoms with Crippen molar-refractivity contribution in [3.63, 3.8) is 0 Å². The highest BCUT2D eigenvalue weighted by molar-refractivity contribution is 14.1. The third-order valence-corrected chi connectivity index (χ3v) is 3.16. The highest BCUT2D eigenvalue weighted by atomic mass is 127. The lowest BCUT2D eigenvalue weighted by atomic mass is 10.2. The minimum absolute atomic E-state index is 0.213. The van der Waals surface area contributed by atoms with Crippen LogP contribution >= 0.6 is 34.2 Å². The van der Waals surface area contributed by atoms with Gasteiger partial charge in [0.05, 0.1) is 5.02 Å². The molecule has 0 fully saturated rings. The van der Waals surface area contributed by atoms with Crippen LogP contribution in [0.1, 0.15) is 10.6 Å². The van der Waals surface area contributed by atoms with Crippen molar-refractivity contribution in [3.8, 4) is 11.3 Å². The Kier molecular flexibility index (Phi) is 3.30. The van der Waals surface area contributed by atoms with E-state index in [9.17, 15) is 9.18 Å². The van der Waals surface area contributed by atoms with Crippen LogP contribution in [0.4, 0.5) is 4.39 Å². The number of hydrogen-bond acceptors (Lipinski definition) is 2. The summed E-state index contributed by atoms with van der Waals surface area (Å²) in [6.07, 6.45) is 0.603. The Labute approximate surface area is 110 Å². The van der Waals surface area contributed by atoms with E-state index in [-0.39, 0.29) is 16.6 Å². The SMILES string of the molecule is O=Cc1ccc(-c2cc(I)c(F)cc2Cl)o1. The summed E-state index contributed by atoms with van der Waals surface area (Å²) >= 11 is 7.76. The summed E-state index contributed by atoms with van der Waals surface area (Å²) in [5.74, 6) is 0.284. The number of carbonyl (C=O) groups is 1. The van der Waals surface area contributed by atoms with Crippen LogP contribution in [0, 0.1) is 9.39 Å². The van der Waals surface area contributed by atoms with Crippen LogP contribution in [0.15, 0.2) is 28.7 Å². The third kappa shape index (κ3) is 2.12. The van der Waals surface area contributed by atoms with Crippen molar-refractivity contribution in [1.82, 2.24) is 0 Å². The van der Waals surface area contributed by atoms with E-state index in [1.165, 1.54) is 12.1 Å². The van der Waals surface area contributed by atoms with Gasteiger partial charge in [-0.3, -0.25) is 4.79 Å². The van der Waals surface area contributed by atoms with Crippen molar-refractivity contribution < 1.29 is 13.6 Å². The van der Waals surface area contributed by atoms with E-state index in [1.54, 1.807) is 12.1 Å². The molecule has 1 aromatic heterocycles. The minimum Gasteiger partial charge on any atom is -0.453 e. The van der Waals surface area contributed by atoms with Crippen LogP contribution < -0.4 is 0 Å². The molecule has 2 rings (SSSR count). The lowest BCUT2D eigenvalue weighted by Gasteiger charge is -2.02. The molecular formula is C11H5ClFIO2. The second-order valence-electron chi connectivity index (χ2n) is 3.07. The van der Waals surface area contributed by atoms with Gasteiger partial charge in [-0.15, -0.1) is 0 Å². The monoisotopic (exact) mass is 350 g/mol. The van der Waals surface area contributed by atoms with Crippen molar-refractivity contribution in [2.45, 2.75) is 0 Å². The standard InChI is InChI=1S/C11H5ClFIO2/c12-8-4-9(13)10(14)3-7(8)11-2-1-6(5-15)16-11/h1-5H. The van der Waals surface area contributed by atoms with E-state index in [0.717, 1.165) is 0 Å². The first-order chi connectivity index (χ1) is 7.61. The van der Waals surface area contributed by atoms with Crippen molar-refractivity contribution in [2.24, 2.45) is 0 Å². The average Bonchev–Trinajstić information content (AvgIpc) is 2.71. The molecule has 2 aromatic rings. The number of carbonyl (C=O) groups excluding carboxylic acids is 1. The van der Waals surface area contributed by atoms with Gasteiger partial charge >= 0.3 is 0 Å². The quantitative estimate of drug-likeness (QED) is 0.462. The molecule has 0 aliphatic heterocycles. The molecule has 0 atom stereocenters. The van der Waals surface area contributed by atoms with Crippen LogP contribution in [0.2, 0.25) is 5.02 Å². The molecular weight excluding hydrogens is 345 g/mol. The summed E-state index contributed by atoms with van der Waals surface area (Å²) in [6, 6.07) is 5.96. The fourth-order valence-electron chi connectivity index (χ4n) is 1.27. The maximum Gasteiger partial charge on any atom is 0.185 e. The molecule has 0 saturated heterocycles. The largest absolute Gasteiger partial charge is 0.453 e. The zero-order valence-electron chi connectivity index (χ0n) is 7.84. The maximum absolute atomic E-state index is 13.2. The first-order valence-electron chi connectivity index (χ1n) is 4.31.